The number of anilines is 1. The fourth-order valence-corrected chi connectivity index (χ4v) is 2.70. The molecule has 108 valence electrons. The van der Waals surface area contributed by atoms with Gasteiger partial charge in [-0.15, -0.1) is 0 Å². The number of rotatable bonds is 7. The zero-order valence-corrected chi connectivity index (χ0v) is 12.4. The van der Waals surface area contributed by atoms with Crippen LogP contribution in [0.5, 0.6) is 0 Å². The van der Waals surface area contributed by atoms with Crippen molar-refractivity contribution >= 4 is 5.95 Å². The average Bonchev–Trinajstić information content (AvgIpc) is 2.92. The Morgan fingerprint density at radius 1 is 1.53 bits per heavy atom. The van der Waals surface area contributed by atoms with Gasteiger partial charge in [-0.1, -0.05) is 0 Å². The number of ether oxygens (including phenoxy) is 1. The molecule has 2 heterocycles. The van der Waals surface area contributed by atoms with E-state index in [2.05, 4.69) is 39.9 Å². The molecule has 1 aliphatic heterocycles. The second-order valence-corrected chi connectivity index (χ2v) is 5.55. The first-order valence-electron chi connectivity index (χ1n) is 7.14. The minimum atomic E-state index is 0.748. The zero-order valence-electron chi connectivity index (χ0n) is 12.4. The Labute approximate surface area is 116 Å². The van der Waals surface area contributed by atoms with Crippen molar-refractivity contribution in [1.82, 2.24) is 14.5 Å². The Kier molecular flexibility index (Phi) is 5.22. The number of nitrogens with zero attached hydrogens (tertiary/aromatic N) is 3. The van der Waals surface area contributed by atoms with Crippen LogP contribution in [0.2, 0.25) is 0 Å². The summed E-state index contributed by atoms with van der Waals surface area (Å²) in [5.74, 6) is 1.75. The summed E-state index contributed by atoms with van der Waals surface area (Å²) in [6.45, 7) is 7.24. The molecule has 0 spiro atoms. The van der Waals surface area contributed by atoms with Crippen molar-refractivity contribution in [3.8, 4) is 0 Å². The average molecular weight is 266 g/mol. The van der Waals surface area contributed by atoms with Crippen LogP contribution in [0.25, 0.3) is 0 Å². The molecule has 0 aliphatic carbocycles. The number of imidazole rings is 1. The van der Waals surface area contributed by atoms with Gasteiger partial charge in [-0.3, -0.25) is 0 Å². The highest BCUT2D eigenvalue weighted by Crippen LogP contribution is 2.19. The molecule has 0 radical (unpaired) electrons. The van der Waals surface area contributed by atoms with Crippen molar-refractivity contribution in [3.63, 3.8) is 0 Å². The second-order valence-electron chi connectivity index (χ2n) is 5.55. The molecule has 2 rings (SSSR count). The number of nitrogens with one attached hydrogen (secondary N) is 1. The molecule has 5 nitrogen and oxygen atoms in total. The predicted octanol–water partition coefficient (Wildman–Crippen LogP) is 1.59. The monoisotopic (exact) mass is 266 g/mol. The van der Waals surface area contributed by atoms with E-state index in [4.69, 9.17) is 4.74 Å². The van der Waals surface area contributed by atoms with Gasteiger partial charge in [-0.25, -0.2) is 4.98 Å². The van der Waals surface area contributed by atoms with Gasteiger partial charge in [0.1, 0.15) is 0 Å². The summed E-state index contributed by atoms with van der Waals surface area (Å²) in [6.07, 6.45) is 4.45. The highest BCUT2D eigenvalue weighted by Gasteiger charge is 2.20. The molecular weight excluding hydrogens is 240 g/mol. The molecule has 19 heavy (non-hydrogen) atoms. The second kappa shape index (κ2) is 6.91. The fourth-order valence-electron chi connectivity index (χ4n) is 2.70. The van der Waals surface area contributed by atoms with Crippen molar-refractivity contribution in [3.05, 3.63) is 11.9 Å². The van der Waals surface area contributed by atoms with E-state index in [0.717, 1.165) is 43.7 Å². The number of hydrogen-bond donors (Lipinski definition) is 1. The van der Waals surface area contributed by atoms with Gasteiger partial charge in [-0.2, -0.15) is 0 Å². The van der Waals surface area contributed by atoms with Gasteiger partial charge in [0.15, 0.2) is 0 Å². The first-order valence-corrected chi connectivity index (χ1v) is 7.14. The smallest absolute Gasteiger partial charge is 0.203 e. The minimum Gasteiger partial charge on any atom is -0.385 e. The lowest BCUT2D eigenvalue weighted by Crippen LogP contribution is -2.18. The van der Waals surface area contributed by atoms with Crippen LogP contribution in [0.1, 0.15) is 18.5 Å². The van der Waals surface area contributed by atoms with Crippen LogP contribution in [-0.4, -0.2) is 54.8 Å². The third kappa shape index (κ3) is 4.21. The first kappa shape index (κ1) is 14.3. The molecule has 0 aromatic carbocycles. The normalized spacial score (nSPS) is 20.1. The van der Waals surface area contributed by atoms with E-state index in [1.807, 2.05) is 0 Å². The van der Waals surface area contributed by atoms with E-state index in [1.54, 1.807) is 7.11 Å². The third-order valence-corrected chi connectivity index (χ3v) is 3.65. The lowest BCUT2D eigenvalue weighted by molar-refractivity contribution is 0.197. The van der Waals surface area contributed by atoms with E-state index in [9.17, 15) is 0 Å². The molecule has 1 N–H and O–H groups in total. The van der Waals surface area contributed by atoms with Crippen LogP contribution in [0.4, 0.5) is 5.95 Å². The molecule has 1 atom stereocenters. The summed E-state index contributed by atoms with van der Waals surface area (Å²) in [5.41, 5.74) is 1.08. The van der Waals surface area contributed by atoms with Crippen LogP contribution in [0.3, 0.4) is 0 Å². The van der Waals surface area contributed by atoms with E-state index in [1.165, 1.54) is 19.5 Å². The van der Waals surface area contributed by atoms with E-state index < -0.39 is 0 Å². The van der Waals surface area contributed by atoms with Crippen molar-refractivity contribution in [2.45, 2.75) is 26.3 Å². The summed E-state index contributed by atoms with van der Waals surface area (Å²) in [4.78, 5) is 6.97. The summed E-state index contributed by atoms with van der Waals surface area (Å²) in [6, 6.07) is 0. The molecule has 5 heteroatoms. The first-order chi connectivity index (χ1) is 9.19. The topological polar surface area (TPSA) is 42.3 Å². The molecule has 1 aromatic heterocycles. The van der Waals surface area contributed by atoms with E-state index in [-0.39, 0.29) is 0 Å². The van der Waals surface area contributed by atoms with Crippen LogP contribution in [-0.2, 0) is 11.3 Å². The van der Waals surface area contributed by atoms with Gasteiger partial charge < -0.3 is 19.5 Å². The third-order valence-electron chi connectivity index (χ3n) is 3.65. The van der Waals surface area contributed by atoms with E-state index >= 15 is 0 Å². The Morgan fingerprint density at radius 3 is 3.05 bits per heavy atom. The van der Waals surface area contributed by atoms with Crippen LogP contribution >= 0.6 is 0 Å². The number of methoxy groups -OCH3 is 1. The minimum absolute atomic E-state index is 0.748. The molecule has 1 aromatic rings. The molecular formula is C14H26N4O. The standard InChI is InChI=1S/C14H26N4O/c1-12-9-18(11-13-5-7-17(2)10-13)14(16-12)15-6-4-8-19-3/h9,13H,4-8,10-11H2,1-3H3,(H,15,16). The van der Waals surface area contributed by atoms with Crippen LogP contribution in [0.15, 0.2) is 6.20 Å². The Morgan fingerprint density at radius 2 is 2.37 bits per heavy atom. The zero-order chi connectivity index (χ0) is 13.7. The molecule has 0 bridgehead atoms. The Hall–Kier alpha value is -1.07. The number of aromatic nitrogens is 2. The molecule has 1 unspecified atom stereocenters. The van der Waals surface area contributed by atoms with Crippen molar-refractivity contribution in [2.75, 3.05) is 45.7 Å². The maximum atomic E-state index is 5.06. The number of likely N-dealkylation sites (tertiary alicyclic amines) is 1. The van der Waals surface area contributed by atoms with E-state index in [0.29, 0.717) is 0 Å². The highest BCUT2D eigenvalue weighted by atomic mass is 16.5. The maximum absolute atomic E-state index is 5.06. The van der Waals surface area contributed by atoms with Crippen LogP contribution in [0, 0.1) is 12.8 Å². The Bertz CT molecular complexity index is 391. The van der Waals surface area contributed by atoms with Gasteiger partial charge in [0.25, 0.3) is 0 Å². The molecule has 1 fully saturated rings. The van der Waals surface area contributed by atoms with Crippen LogP contribution < -0.4 is 5.32 Å². The molecule has 0 amide bonds. The molecule has 1 aliphatic rings. The van der Waals surface area contributed by atoms with Gasteiger partial charge in [0.2, 0.25) is 5.95 Å². The lowest BCUT2D eigenvalue weighted by Gasteiger charge is -2.14. The molecule has 1 saturated heterocycles. The Balaban J connectivity index is 1.88. The van der Waals surface area contributed by atoms with Crippen molar-refractivity contribution in [1.29, 1.82) is 0 Å². The maximum Gasteiger partial charge on any atom is 0.203 e. The summed E-state index contributed by atoms with van der Waals surface area (Å²) < 4.78 is 7.33. The number of aryl methyl sites for hydroxylation is 1. The quantitative estimate of drug-likeness (QED) is 0.761. The SMILES string of the molecule is COCCCNc1nc(C)cn1CC1CCN(C)C1. The van der Waals surface area contributed by atoms with Gasteiger partial charge in [0, 0.05) is 39.5 Å². The van der Waals surface area contributed by atoms with Gasteiger partial charge >= 0.3 is 0 Å². The summed E-state index contributed by atoms with van der Waals surface area (Å²) >= 11 is 0. The lowest BCUT2D eigenvalue weighted by atomic mass is 10.1. The van der Waals surface area contributed by atoms with Gasteiger partial charge in [0.05, 0.1) is 5.69 Å². The fraction of sp³-hybridized carbons (Fsp3) is 0.786. The van der Waals surface area contributed by atoms with Crippen molar-refractivity contribution in [2.24, 2.45) is 5.92 Å². The summed E-state index contributed by atoms with van der Waals surface area (Å²) in [5, 5.41) is 3.41. The van der Waals surface area contributed by atoms with Crippen molar-refractivity contribution < 1.29 is 4.74 Å². The van der Waals surface area contributed by atoms with Gasteiger partial charge in [-0.05, 0) is 39.3 Å². The molecule has 0 saturated carbocycles. The highest BCUT2D eigenvalue weighted by molar-refractivity contribution is 5.28. The predicted molar refractivity (Wildman–Crippen MR) is 77.6 cm³/mol. The largest absolute Gasteiger partial charge is 0.385 e. The number of hydrogen-bond acceptors (Lipinski definition) is 4. The summed E-state index contributed by atoms with van der Waals surface area (Å²) in [7, 11) is 3.94.